The van der Waals surface area contributed by atoms with E-state index in [2.05, 4.69) is 16.0 Å². The summed E-state index contributed by atoms with van der Waals surface area (Å²) >= 11 is 0. The highest BCUT2D eigenvalue weighted by Crippen LogP contribution is 2.13. The molecular weight excluding hydrogens is 270 g/mol. The average molecular weight is 293 g/mol. The van der Waals surface area contributed by atoms with E-state index in [4.69, 9.17) is 0 Å². The first-order chi connectivity index (χ1) is 8.51. The van der Waals surface area contributed by atoms with Crippen LogP contribution in [0.15, 0.2) is 0 Å². The van der Waals surface area contributed by atoms with E-state index in [0.29, 0.717) is 6.54 Å². The zero-order chi connectivity index (χ0) is 15.3. The molecule has 0 rings (SSSR count). The summed E-state index contributed by atoms with van der Waals surface area (Å²) < 4.78 is 22.0. The Morgan fingerprint density at radius 2 is 1.79 bits per heavy atom. The van der Waals surface area contributed by atoms with Crippen LogP contribution in [0, 0.1) is 0 Å². The van der Waals surface area contributed by atoms with Crippen LogP contribution in [0.1, 0.15) is 27.7 Å². The molecule has 19 heavy (non-hydrogen) atoms. The summed E-state index contributed by atoms with van der Waals surface area (Å²) in [6.45, 7) is 6.98. The Morgan fingerprint density at radius 1 is 1.26 bits per heavy atom. The fraction of sp³-hybridized carbons (Fsp3) is 0.818. The maximum absolute atomic E-state index is 11.6. The van der Waals surface area contributed by atoms with Gasteiger partial charge in [0.15, 0.2) is 9.84 Å². The minimum Gasteiger partial charge on any atom is -0.338 e. The molecule has 1 atom stereocenters. The lowest BCUT2D eigenvalue weighted by Crippen LogP contribution is -2.51. The molecule has 3 N–H and O–H groups in total. The molecule has 7 nitrogen and oxygen atoms in total. The second-order valence-electron chi connectivity index (χ2n) is 4.98. The fourth-order valence-electron chi connectivity index (χ4n) is 1.05. The Hall–Kier alpha value is -1.15. The van der Waals surface area contributed by atoms with Crippen molar-refractivity contribution >= 4 is 21.8 Å². The van der Waals surface area contributed by atoms with Gasteiger partial charge in [0.25, 0.3) is 0 Å². The van der Waals surface area contributed by atoms with Crippen molar-refractivity contribution < 1.29 is 18.0 Å². The van der Waals surface area contributed by atoms with Crippen molar-refractivity contribution in [2.75, 3.05) is 19.3 Å². The maximum atomic E-state index is 11.6. The molecular formula is C11H23N3O4S. The van der Waals surface area contributed by atoms with Gasteiger partial charge < -0.3 is 10.6 Å². The highest BCUT2D eigenvalue weighted by molar-refractivity contribution is 7.92. The van der Waals surface area contributed by atoms with Crippen LogP contribution in [-0.4, -0.2) is 50.5 Å². The van der Waals surface area contributed by atoms with Gasteiger partial charge in [-0.1, -0.05) is 0 Å². The number of urea groups is 1. The predicted octanol–water partition coefficient (Wildman–Crippen LogP) is -0.367. The van der Waals surface area contributed by atoms with Crippen LogP contribution in [0.2, 0.25) is 0 Å². The van der Waals surface area contributed by atoms with Gasteiger partial charge in [-0.2, -0.15) is 0 Å². The van der Waals surface area contributed by atoms with Gasteiger partial charge in [-0.15, -0.1) is 0 Å². The lowest BCUT2D eigenvalue weighted by Gasteiger charge is -2.24. The second kappa shape index (κ2) is 6.85. The molecule has 8 heteroatoms. The first kappa shape index (κ1) is 17.8. The third kappa shape index (κ3) is 6.02. The normalized spacial score (nSPS) is 13.7. The van der Waals surface area contributed by atoms with Gasteiger partial charge in [-0.25, -0.2) is 13.2 Å². The number of hydrogen-bond acceptors (Lipinski definition) is 5. The smallest absolute Gasteiger partial charge is 0.321 e. The third-order valence-corrected chi connectivity index (χ3v) is 4.96. The van der Waals surface area contributed by atoms with Crippen LogP contribution >= 0.6 is 0 Å². The number of carbonyl (C=O) groups is 2. The molecule has 0 saturated heterocycles. The molecule has 0 aromatic heterocycles. The first-order valence-electron chi connectivity index (χ1n) is 6.03. The summed E-state index contributed by atoms with van der Waals surface area (Å²) in [5.41, 5.74) is 0. The van der Waals surface area contributed by atoms with Crippen LogP contribution in [-0.2, 0) is 14.6 Å². The predicted molar refractivity (Wildman–Crippen MR) is 73.6 cm³/mol. The van der Waals surface area contributed by atoms with Gasteiger partial charge >= 0.3 is 6.03 Å². The lowest BCUT2D eigenvalue weighted by molar-refractivity contribution is -0.121. The quantitative estimate of drug-likeness (QED) is 0.620. The molecule has 0 bridgehead atoms. The minimum atomic E-state index is -3.23. The van der Waals surface area contributed by atoms with Gasteiger partial charge in [0.05, 0.1) is 10.8 Å². The Morgan fingerprint density at radius 3 is 2.21 bits per heavy atom. The standard InChI is InChI=1S/C11H23N3O4S/c1-6-12-10(16)14-9(15)8(2)13-7-11(3,4)19(5,17)18/h8,13H,6-7H2,1-5H3,(H2,12,14,15,16). The van der Waals surface area contributed by atoms with Crippen molar-refractivity contribution in [1.82, 2.24) is 16.0 Å². The number of hydrogen-bond donors (Lipinski definition) is 3. The molecule has 0 spiro atoms. The summed E-state index contributed by atoms with van der Waals surface area (Å²) in [6, 6.07) is -1.23. The summed E-state index contributed by atoms with van der Waals surface area (Å²) in [4.78, 5) is 22.8. The van der Waals surface area contributed by atoms with Crippen molar-refractivity contribution in [2.45, 2.75) is 38.5 Å². The number of sulfone groups is 1. The first-order valence-corrected chi connectivity index (χ1v) is 7.92. The Labute approximate surface area is 114 Å². The summed E-state index contributed by atoms with van der Waals surface area (Å²) in [6.07, 6.45) is 1.15. The second-order valence-corrected chi connectivity index (χ2v) is 7.63. The fourth-order valence-corrected chi connectivity index (χ4v) is 1.39. The van der Waals surface area contributed by atoms with E-state index < -0.39 is 32.6 Å². The monoisotopic (exact) mass is 293 g/mol. The van der Waals surface area contributed by atoms with Crippen molar-refractivity contribution in [2.24, 2.45) is 0 Å². The Bertz CT molecular complexity index is 431. The van der Waals surface area contributed by atoms with Crippen LogP contribution < -0.4 is 16.0 Å². The molecule has 0 saturated carbocycles. The molecule has 0 aliphatic rings. The van der Waals surface area contributed by atoms with Gasteiger partial charge in [0.2, 0.25) is 5.91 Å². The van der Waals surface area contributed by atoms with Crippen LogP contribution in [0.25, 0.3) is 0 Å². The number of rotatable bonds is 6. The number of amides is 3. The van der Waals surface area contributed by atoms with Crippen LogP contribution in [0.5, 0.6) is 0 Å². The Balaban J connectivity index is 4.36. The number of carbonyl (C=O) groups excluding carboxylic acids is 2. The van der Waals surface area contributed by atoms with E-state index in [-0.39, 0.29) is 6.54 Å². The van der Waals surface area contributed by atoms with E-state index in [1.807, 2.05) is 0 Å². The third-order valence-electron chi connectivity index (χ3n) is 2.81. The van der Waals surface area contributed by atoms with Gasteiger partial charge in [0, 0.05) is 19.3 Å². The summed E-state index contributed by atoms with van der Waals surface area (Å²) in [5.74, 6) is -0.504. The number of imide groups is 1. The van der Waals surface area contributed by atoms with Crippen LogP contribution in [0.4, 0.5) is 4.79 Å². The van der Waals surface area contributed by atoms with E-state index in [1.54, 1.807) is 27.7 Å². The minimum absolute atomic E-state index is 0.121. The molecule has 0 aromatic carbocycles. The molecule has 0 fully saturated rings. The SMILES string of the molecule is CCNC(=O)NC(=O)C(C)NCC(C)(C)S(C)(=O)=O. The molecule has 1 unspecified atom stereocenters. The zero-order valence-electron chi connectivity index (χ0n) is 12.0. The van der Waals surface area contributed by atoms with Crippen molar-refractivity contribution in [3.8, 4) is 0 Å². The van der Waals surface area contributed by atoms with Crippen molar-refractivity contribution in [3.63, 3.8) is 0 Å². The van der Waals surface area contributed by atoms with Crippen molar-refractivity contribution in [3.05, 3.63) is 0 Å². The molecule has 0 aromatic rings. The van der Waals surface area contributed by atoms with Gasteiger partial charge in [-0.05, 0) is 27.7 Å². The maximum Gasteiger partial charge on any atom is 0.321 e. The van der Waals surface area contributed by atoms with Crippen molar-refractivity contribution in [1.29, 1.82) is 0 Å². The molecule has 0 aliphatic carbocycles. The molecule has 0 heterocycles. The van der Waals surface area contributed by atoms with Crippen LogP contribution in [0.3, 0.4) is 0 Å². The average Bonchev–Trinajstić information content (AvgIpc) is 2.24. The van der Waals surface area contributed by atoms with E-state index in [9.17, 15) is 18.0 Å². The lowest BCUT2D eigenvalue weighted by atomic mass is 10.2. The largest absolute Gasteiger partial charge is 0.338 e. The van der Waals surface area contributed by atoms with Gasteiger partial charge in [0.1, 0.15) is 0 Å². The zero-order valence-corrected chi connectivity index (χ0v) is 12.8. The van der Waals surface area contributed by atoms with E-state index in [1.165, 1.54) is 0 Å². The highest BCUT2D eigenvalue weighted by Gasteiger charge is 2.31. The highest BCUT2D eigenvalue weighted by atomic mass is 32.2. The van der Waals surface area contributed by atoms with Gasteiger partial charge in [-0.3, -0.25) is 10.1 Å². The summed E-state index contributed by atoms with van der Waals surface area (Å²) in [7, 11) is -3.23. The van der Waals surface area contributed by atoms with E-state index >= 15 is 0 Å². The molecule has 112 valence electrons. The molecule has 0 aliphatic heterocycles. The Kier molecular flexibility index (Phi) is 6.44. The van der Waals surface area contributed by atoms with E-state index in [0.717, 1.165) is 6.26 Å². The topological polar surface area (TPSA) is 104 Å². The molecule has 3 amide bonds. The molecule has 0 radical (unpaired) electrons. The summed E-state index contributed by atoms with van der Waals surface area (Å²) in [5, 5.41) is 7.39. The number of nitrogens with one attached hydrogen (secondary N) is 3.